The van der Waals surface area contributed by atoms with Crippen molar-refractivity contribution in [3.8, 4) is 0 Å². The molecule has 0 radical (unpaired) electrons. The second-order valence-corrected chi connectivity index (χ2v) is 3.40. The monoisotopic (exact) mass is 200 g/mol. The molecule has 0 bridgehead atoms. The van der Waals surface area contributed by atoms with Gasteiger partial charge in [0.1, 0.15) is 5.92 Å². The topological polar surface area (TPSA) is 76.2 Å². The van der Waals surface area contributed by atoms with Gasteiger partial charge in [-0.3, -0.25) is 10.2 Å². The van der Waals surface area contributed by atoms with Crippen LogP contribution in [0.4, 0.5) is 0 Å². The van der Waals surface area contributed by atoms with Crippen molar-refractivity contribution in [2.75, 3.05) is 6.61 Å². The van der Waals surface area contributed by atoms with Crippen molar-refractivity contribution in [1.82, 2.24) is 0 Å². The van der Waals surface area contributed by atoms with Gasteiger partial charge in [-0.15, -0.1) is 0 Å². The van der Waals surface area contributed by atoms with Gasteiger partial charge in [-0.25, -0.2) is 0 Å². The smallest absolute Gasteiger partial charge is 0.229 e. The van der Waals surface area contributed by atoms with Crippen LogP contribution in [-0.2, 0) is 9.53 Å². The Hall–Kier alpha value is -1.06. The van der Waals surface area contributed by atoms with Gasteiger partial charge in [-0.1, -0.05) is 26.2 Å². The fourth-order valence-corrected chi connectivity index (χ4v) is 0.965. The van der Waals surface area contributed by atoms with Crippen LogP contribution in [0.2, 0.25) is 0 Å². The predicted octanol–water partition coefficient (Wildman–Crippen LogP) is 1.68. The summed E-state index contributed by atoms with van der Waals surface area (Å²) in [5.41, 5.74) is 5.03. The fraction of sp³-hybridized carbons (Fsp3) is 0.800. The average molecular weight is 200 g/mol. The molecule has 1 atom stereocenters. The van der Waals surface area contributed by atoms with E-state index in [0.29, 0.717) is 6.61 Å². The highest BCUT2D eigenvalue weighted by Crippen LogP contribution is 2.02. The number of amides is 1. The number of ether oxygens (including phenoxy) is 1. The molecule has 0 aromatic heterocycles. The van der Waals surface area contributed by atoms with Gasteiger partial charge in [0.15, 0.2) is 5.90 Å². The number of carbonyl (C=O) groups excluding carboxylic acids is 1. The lowest BCUT2D eigenvalue weighted by Crippen LogP contribution is -2.29. The third-order valence-electron chi connectivity index (χ3n) is 2.08. The van der Waals surface area contributed by atoms with E-state index in [-0.39, 0.29) is 5.90 Å². The number of hydrogen-bond donors (Lipinski definition) is 2. The minimum Gasteiger partial charge on any atom is -0.481 e. The standard InChI is InChI=1S/C10H20N2O2/c1-3-4-5-6-7-14-10(12)8(2)9(11)13/h8,12H,3-7H2,1-2H3,(H2,11,13). The van der Waals surface area contributed by atoms with Crippen molar-refractivity contribution in [3.63, 3.8) is 0 Å². The number of nitrogens with one attached hydrogen (secondary N) is 1. The summed E-state index contributed by atoms with van der Waals surface area (Å²) in [6.07, 6.45) is 4.40. The van der Waals surface area contributed by atoms with Gasteiger partial charge in [0, 0.05) is 0 Å². The lowest BCUT2D eigenvalue weighted by Gasteiger charge is -2.10. The Morgan fingerprint density at radius 2 is 2.07 bits per heavy atom. The summed E-state index contributed by atoms with van der Waals surface area (Å²) < 4.78 is 5.09. The van der Waals surface area contributed by atoms with Gasteiger partial charge in [-0.2, -0.15) is 0 Å². The summed E-state index contributed by atoms with van der Waals surface area (Å²) in [6.45, 7) is 4.23. The highest BCUT2D eigenvalue weighted by atomic mass is 16.5. The Morgan fingerprint density at radius 1 is 1.43 bits per heavy atom. The van der Waals surface area contributed by atoms with Crippen LogP contribution in [0.15, 0.2) is 0 Å². The van der Waals surface area contributed by atoms with E-state index in [1.807, 2.05) is 0 Å². The number of hydrogen-bond acceptors (Lipinski definition) is 3. The zero-order valence-electron chi connectivity index (χ0n) is 9.01. The molecule has 0 fully saturated rings. The molecule has 0 aromatic carbocycles. The molecule has 0 aliphatic heterocycles. The highest BCUT2D eigenvalue weighted by molar-refractivity contribution is 5.97. The van der Waals surface area contributed by atoms with Crippen LogP contribution in [-0.4, -0.2) is 18.4 Å². The molecule has 0 spiro atoms. The van der Waals surface area contributed by atoms with E-state index < -0.39 is 11.8 Å². The number of rotatable bonds is 7. The first-order valence-electron chi connectivity index (χ1n) is 5.10. The Kier molecular flexibility index (Phi) is 6.80. The molecule has 0 saturated carbocycles. The molecule has 4 heteroatoms. The zero-order valence-corrected chi connectivity index (χ0v) is 9.01. The van der Waals surface area contributed by atoms with Crippen LogP contribution in [0.3, 0.4) is 0 Å². The molecule has 1 unspecified atom stereocenters. The van der Waals surface area contributed by atoms with Crippen LogP contribution >= 0.6 is 0 Å². The predicted molar refractivity (Wildman–Crippen MR) is 56.2 cm³/mol. The van der Waals surface area contributed by atoms with Gasteiger partial charge in [0.05, 0.1) is 6.61 Å². The molecule has 1 amide bonds. The van der Waals surface area contributed by atoms with Crippen LogP contribution in [0.25, 0.3) is 0 Å². The zero-order chi connectivity index (χ0) is 11.0. The summed E-state index contributed by atoms with van der Waals surface area (Å²) in [4.78, 5) is 10.7. The largest absolute Gasteiger partial charge is 0.481 e. The van der Waals surface area contributed by atoms with Crippen LogP contribution in [0.1, 0.15) is 39.5 Å². The Bertz CT molecular complexity index is 193. The van der Waals surface area contributed by atoms with Gasteiger partial charge < -0.3 is 10.5 Å². The van der Waals surface area contributed by atoms with Crippen molar-refractivity contribution in [3.05, 3.63) is 0 Å². The molecular weight excluding hydrogens is 180 g/mol. The van der Waals surface area contributed by atoms with E-state index in [1.54, 1.807) is 6.92 Å². The van der Waals surface area contributed by atoms with Crippen LogP contribution in [0.5, 0.6) is 0 Å². The molecule has 0 aliphatic rings. The number of carbonyl (C=O) groups is 1. The Balaban J connectivity index is 3.49. The molecule has 0 saturated heterocycles. The lowest BCUT2D eigenvalue weighted by molar-refractivity contribution is -0.119. The maximum atomic E-state index is 10.7. The minimum atomic E-state index is -0.610. The van der Waals surface area contributed by atoms with Crippen molar-refractivity contribution in [2.24, 2.45) is 11.7 Å². The number of nitrogens with two attached hydrogens (primary N) is 1. The van der Waals surface area contributed by atoms with E-state index in [4.69, 9.17) is 15.9 Å². The summed E-state index contributed by atoms with van der Waals surface area (Å²) in [7, 11) is 0. The lowest BCUT2D eigenvalue weighted by atomic mass is 10.1. The molecule has 3 N–H and O–H groups in total. The van der Waals surface area contributed by atoms with E-state index in [1.165, 1.54) is 12.8 Å². The third-order valence-corrected chi connectivity index (χ3v) is 2.08. The van der Waals surface area contributed by atoms with Gasteiger partial charge in [0.2, 0.25) is 5.91 Å². The molecule has 0 rings (SSSR count). The van der Waals surface area contributed by atoms with Crippen LogP contribution < -0.4 is 5.73 Å². The fourth-order valence-electron chi connectivity index (χ4n) is 0.965. The van der Waals surface area contributed by atoms with Crippen molar-refractivity contribution in [2.45, 2.75) is 39.5 Å². The number of unbranched alkanes of at least 4 members (excludes halogenated alkanes) is 3. The van der Waals surface area contributed by atoms with E-state index in [2.05, 4.69) is 6.92 Å². The Morgan fingerprint density at radius 3 is 2.57 bits per heavy atom. The van der Waals surface area contributed by atoms with E-state index in [0.717, 1.165) is 12.8 Å². The Labute approximate surface area is 85.3 Å². The maximum Gasteiger partial charge on any atom is 0.229 e. The first kappa shape index (κ1) is 12.9. The highest BCUT2D eigenvalue weighted by Gasteiger charge is 2.15. The van der Waals surface area contributed by atoms with Crippen molar-refractivity contribution >= 4 is 11.8 Å². The molecule has 14 heavy (non-hydrogen) atoms. The quantitative estimate of drug-likeness (QED) is 0.372. The normalized spacial score (nSPS) is 12.1. The molecule has 0 heterocycles. The van der Waals surface area contributed by atoms with Crippen molar-refractivity contribution in [1.29, 1.82) is 5.41 Å². The summed E-state index contributed by atoms with van der Waals surface area (Å²) in [5.74, 6) is -1.14. The molecule has 4 nitrogen and oxygen atoms in total. The van der Waals surface area contributed by atoms with E-state index in [9.17, 15) is 4.79 Å². The van der Waals surface area contributed by atoms with Crippen molar-refractivity contribution < 1.29 is 9.53 Å². The van der Waals surface area contributed by atoms with Gasteiger partial charge >= 0.3 is 0 Å². The minimum absolute atomic E-state index is 0.0194. The molecule has 82 valence electrons. The van der Waals surface area contributed by atoms with Crippen LogP contribution in [0, 0.1) is 11.3 Å². The molecule has 0 aromatic rings. The summed E-state index contributed by atoms with van der Waals surface area (Å²) >= 11 is 0. The first-order valence-corrected chi connectivity index (χ1v) is 5.10. The van der Waals surface area contributed by atoms with E-state index >= 15 is 0 Å². The number of primary amides is 1. The third kappa shape index (κ3) is 5.56. The second-order valence-electron chi connectivity index (χ2n) is 3.40. The first-order chi connectivity index (χ1) is 6.59. The molecule has 0 aliphatic carbocycles. The average Bonchev–Trinajstić information content (AvgIpc) is 2.16. The van der Waals surface area contributed by atoms with Gasteiger partial charge in [-0.05, 0) is 13.3 Å². The summed E-state index contributed by atoms with van der Waals surface area (Å²) in [6, 6.07) is 0. The SMILES string of the molecule is CCCCCCOC(=N)C(C)C(N)=O. The molecular formula is C10H20N2O2. The second kappa shape index (κ2) is 7.35. The maximum absolute atomic E-state index is 10.7. The van der Waals surface area contributed by atoms with Gasteiger partial charge in [0.25, 0.3) is 0 Å². The summed E-state index contributed by atoms with van der Waals surface area (Å²) in [5, 5.41) is 7.38.